The average Bonchev–Trinajstić information content (AvgIpc) is 3.72. The number of hydrogen-bond acceptors (Lipinski definition) is 1. The molecule has 0 saturated heterocycles. The van der Waals surface area contributed by atoms with Gasteiger partial charge in [0.05, 0.1) is 11.1 Å². The molecule has 0 amide bonds. The molecule has 0 radical (unpaired) electrons. The molecule has 1 aliphatic carbocycles. The lowest BCUT2D eigenvalue weighted by Crippen LogP contribution is -2.28. The van der Waals surface area contributed by atoms with Crippen LogP contribution in [0.5, 0.6) is 0 Å². The van der Waals surface area contributed by atoms with Gasteiger partial charge in [0.2, 0.25) is 0 Å². The number of nitrogens with zero attached hydrogens (tertiary/aromatic N) is 1. The Hall–Kier alpha value is -8.78. The molecule has 0 aliphatic heterocycles. The third-order valence-corrected chi connectivity index (χ3v) is 13.8. The molecule has 1 nitrogen and oxygen atoms in total. The summed E-state index contributed by atoms with van der Waals surface area (Å²) in [5, 5.41) is 0. The zero-order valence-corrected chi connectivity index (χ0v) is 37.6. The van der Waals surface area contributed by atoms with Crippen LogP contribution in [0.25, 0.3) is 66.8 Å². The Bertz CT molecular complexity index is 3370. The van der Waals surface area contributed by atoms with Crippen molar-refractivity contribution in [2.45, 2.75) is 5.41 Å². The first kappa shape index (κ1) is 40.7. The number of anilines is 3. The summed E-state index contributed by atoms with van der Waals surface area (Å²) in [6.07, 6.45) is 0. The molecule has 0 heterocycles. The third kappa shape index (κ3) is 7.13. The Kier molecular flexibility index (Phi) is 10.5. The van der Waals surface area contributed by atoms with E-state index in [-0.39, 0.29) is 0 Å². The first-order chi connectivity index (χ1) is 33.7. The van der Waals surface area contributed by atoms with Crippen LogP contribution in [0.15, 0.2) is 285 Å². The van der Waals surface area contributed by atoms with Gasteiger partial charge in [-0.15, -0.1) is 0 Å². The van der Waals surface area contributed by atoms with Crippen LogP contribution in [0.4, 0.5) is 17.1 Å². The van der Waals surface area contributed by atoms with Crippen LogP contribution in [-0.2, 0) is 5.41 Å². The maximum Gasteiger partial charge on any atom is 0.0714 e. The van der Waals surface area contributed by atoms with Crippen LogP contribution < -0.4 is 4.90 Å². The van der Waals surface area contributed by atoms with Gasteiger partial charge in [-0.2, -0.15) is 0 Å². The van der Waals surface area contributed by atoms with Gasteiger partial charge in [0.1, 0.15) is 0 Å². The van der Waals surface area contributed by atoms with E-state index in [9.17, 15) is 0 Å². The summed E-state index contributed by atoms with van der Waals surface area (Å²) in [6, 6.07) is 104. The van der Waals surface area contributed by atoms with Crippen molar-refractivity contribution in [3.8, 4) is 66.8 Å². The smallest absolute Gasteiger partial charge is 0.0714 e. The van der Waals surface area contributed by atoms with Gasteiger partial charge in [-0.25, -0.2) is 0 Å². The Morgan fingerprint density at radius 1 is 0.221 bits per heavy atom. The number of benzene rings is 11. The Morgan fingerprint density at radius 3 is 1.03 bits per heavy atom. The van der Waals surface area contributed by atoms with Gasteiger partial charge < -0.3 is 4.90 Å². The molecule has 0 saturated carbocycles. The molecular weight excluding hydrogens is 819 g/mol. The van der Waals surface area contributed by atoms with E-state index in [1.165, 1.54) is 77.9 Å². The minimum atomic E-state index is -0.577. The summed E-state index contributed by atoms with van der Waals surface area (Å²) < 4.78 is 0. The van der Waals surface area contributed by atoms with Crippen molar-refractivity contribution in [2.24, 2.45) is 0 Å². The molecule has 12 rings (SSSR count). The molecule has 320 valence electrons. The number of rotatable bonds is 10. The Balaban J connectivity index is 1.12. The van der Waals surface area contributed by atoms with Gasteiger partial charge in [0, 0.05) is 16.9 Å². The molecule has 0 spiro atoms. The Morgan fingerprint density at radius 2 is 0.559 bits per heavy atom. The molecule has 0 fully saturated rings. The van der Waals surface area contributed by atoms with E-state index in [1.807, 2.05) is 0 Å². The van der Waals surface area contributed by atoms with Gasteiger partial charge in [0.15, 0.2) is 0 Å². The zero-order valence-electron chi connectivity index (χ0n) is 37.6. The predicted molar refractivity (Wildman–Crippen MR) is 286 cm³/mol. The van der Waals surface area contributed by atoms with E-state index in [2.05, 4.69) is 290 Å². The van der Waals surface area contributed by atoms with Crippen LogP contribution in [0.1, 0.15) is 22.3 Å². The fraction of sp³-hybridized carbons (Fsp3) is 0.0149. The summed E-state index contributed by atoms with van der Waals surface area (Å²) in [6.45, 7) is 0. The van der Waals surface area contributed by atoms with Crippen molar-refractivity contribution in [3.05, 3.63) is 307 Å². The first-order valence-electron chi connectivity index (χ1n) is 23.5. The standard InChI is InChI=1S/C67H47N/c1-6-20-48(21-7-1)50-38-42-57(43-39-50)68(58-44-40-51(41-45-58)49-22-8-2-9-23-49)66-47-65-63(61-32-18-19-33-64(61)67(65,55-26-12-4-13-27-55)56-28-14-5-15-29-56)46-62(66)54-36-34-53(35-37-54)60-31-17-16-30-59(60)52-24-10-3-11-25-52/h1-47H. The second-order valence-electron chi connectivity index (χ2n) is 17.6. The highest BCUT2D eigenvalue weighted by Gasteiger charge is 2.46. The van der Waals surface area contributed by atoms with E-state index >= 15 is 0 Å². The van der Waals surface area contributed by atoms with Crippen LogP contribution in [-0.4, -0.2) is 0 Å². The van der Waals surface area contributed by atoms with E-state index in [0.29, 0.717) is 0 Å². The second kappa shape index (κ2) is 17.5. The van der Waals surface area contributed by atoms with Gasteiger partial charge in [-0.1, -0.05) is 249 Å². The normalized spacial score (nSPS) is 12.2. The quantitative estimate of drug-likeness (QED) is 0.132. The van der Waals surface area contributed by atoms with Crippen molar-refractivity contribution in [1.82, 2.24) is 0 Å². The van der Waals surface area contributed by atoms with E-state index in [4.69, 9.17) is 0 Å². The average molecular weight is 866 g/mol. The minimum absolute atomic E-state index is 0.577. The summed E-state index contributed by atoms with van der Waals surface area (Å²) in [4.78, 5) is 2.47. The second-order valence-corrected chi connectivity index (χ2v) is 17.6. The molecule has 1 aliphatic rings. The summed E-state index contributed by atoms with van der Waals surface area (Å²) >= 11 is 0. The lowest BCUT2D eigenvalue weighted by atomic mass is 9.67. The molecule has 0 atom stereocenters. The molecule has 0 aromatic heterocycles. The minimum Gasteiger partial charge on any atom is -0.310 e. The van der Waals surface area contributed by atoms with Gasteiger partial charge in [-0.05, 0) is 120 Å². The highest BCUT2D eigenvalue weighted by molar-refractivity contribution is 5.97. The highest BCUT2D eigenvalue weighted by atomic mass is 15.1. The molecule has 11 aromatic carbocycles. The number of fused-ring (bicyclic) bond motifs is 3. The molecular formula is C67H47N. The van der Waals surface area contributed by atoms with Crippen LogP contribution >= 0.6 is 0 Å². The molecule has 1 heteroatoms. The van der Waals surface area contributed by atoms with Gasteiger partial charge >= 0.3 is 0 Å². The predicted octanol–water partition coefficient (Wildman–Crippen LogP) is 17.9. The molecule has 0 unspecified atom stereocenters. The summed E-state index contributed by atoms with van der Waals surface area (Å²) in [7, 11) is 0. The van der Waals surface area contributed by atoms with E-state index in [0.717, 1.165) is 28.2 Å². The molecule has 68 heavy (non-hydrogen) atoms. The topological polar surface area (TPSA) is 3.24 Å². The van der Waals surface area contributed by atoms with Crippen LogP contribution in [0.3, 0.4) is 0 Å². The van der Waals surface area contributed by atoms with Crippen LogP contribution in [0.2, 0.25) is 0 Å². The van der Waals surface area contributed by atoms with E-state index < -0.39 is 5.41 Å². The van der Waals surface area contributed by atoms with E-state index in [1.54, 1.807) is 0 Å². The van der Waals surface area contributed by atoms with Crippen molar-refractivity contribution >= 4 is 17.1 Å². The fourth-order valence-electron chi connectivity index (χ4n) is 10.6. The fourth-order valence-corrected chi connectivity index (χ4v) is 10.6. The lowest BCUT2D eigenvalue weighted by Gasteiger charge is -2.35. The van der Waals surface area contributed by atoms with Crippen molar-refractivity contribution in [3.63, 3.8) is 0 Å². The summed E-state index contributed by atoms with van der Waals surface area (Å²) in [5.74, 6) is 0. The maximum atomic E-state index is 2.51. The molecule has 0 N–H and O–H groups in total. The zero-order chi connectivity index (χ0) is 45.3. The number of hydrogen-bond donors (Lipinski definition) is 0. The molecule has 11 aromatic rings. The molecule has 0 bridgehead atoms. The highest BCUT2D eigenvalue weighted by Crippen LogP contribution is 2.59. The van der Waals surface area contributed by atoms with Gasteiger partial charge in [0.25, 0.3) is 0 Å². The summed E-state index contributed by atoms with van der Waals surface area (Å²) in [5.41, 5.74) is 22.0. The monoisotopic (exact) mass is 865 g/mol. The van der Waals surface area contributed by atoms with Crippen molar-refractivity contribution in [1.29, 1.82) is 0 Å². The third-order valence-electron chi connectivity index (χ3n) is 13.8. The van der Waals surface area contributed by atoms with Crippen molar-refractivity contribution < 1.29 is 0 Å². The van der Waals surface area contributed by atoms with Crippen molar-refractivity contribution in [2.75, 3.05) is 4.90 Å². The largest absolute Gasteiger partial charge is 0.310 e. The maximum absolute atomic E-state index is 2.51. The Labute approximate surface area is 399 Å². The lowest BCUT2D eigenvalue weighted by molar-refractivity contribution is 0.768. The van der Waals surface area contributed by atoms with Crippen LogP contribution in [0, 0.1) is 0 Å². The van der Waals surface area contributed by atoms with Gasteiger partial charge in [-0.3, -0.25) is 0 Å². The first-order valence-corrected chi connectivity index (χ1v) is 23.5. The SMILES string of the molecule is c1ccc(-c2ccc(N(c3ccc(-c4ccccc4)cc3)c3cc4c(cc3-c3ccc(-c5ccccc5-c5ccccc5)cc3)-c3ccccc3C4(c3ccccc3)c3ccccc3)cc2)cc1.